The number of rotatable bonds is 4. The monoisotopic (exact) mass is 299 g/mol. The number of halogens is 2. The van der Waals surface area contributed by atoms with Crippen molar-refractivity contribution >= 4 is 29.2 Å². The number of benzene rings is 1. The van der Waals surface area contributed by atoms with Crippen molar-refractivity contribution in [3.8, 4) is 0 Å². The molecular formula is C14H15ClFNO3. The summed E-state index contributed by atoms with van der Waals surface area (Å²) in [6, 6.07) is 3.58. The molecule has 108 valence electrons. The van der Waals surface area contributed by atoms with Crippen LogP contribution in [-0.2, 0) is 14.3 Å². The summed E-state index contributed by atoms with van der Waals surface area (Å²) in [5.41, 5.74) is 1.02. The van der Waals surface area contributed by atoms with E-state index in [1.54, 1.807) is 13.8 Å². The quantitative estimate of drug-likeness (QED) is 0.685. The lowest BCUT2D eigenvalue weighted by Gasteiger charge is -2.13. The van der Waals surface area contributed by atoms with Gasteiger partial charge in [-0.2, -0.15) is 0 Å². The number of amides is 1. The van der Waals surface area contributed by atoms with E-state index in [1.807, 2.05) is 0 Å². The zero-order valence-electron chi connectivity index (χ0n) is 11.4. The van der Waals surface area contributed by atoms with E-state index >= 15 is 0 Å². The highest BCUT2D eigenvalue weighted by atomic mass is 35.5. The van der Waals surface area contributed by atoms with Gasteiger partial charge in [-0.25, -0.2) is 9.18 Å². The average Bonchev–Trinajstić information content (AvgIpc) is 2.31. The van der Waals surface area contributed by atoms with E-state index in [4.69, 9.17) is 16.3 Å². The van der Waals surface area contributed by atoms with E-state index in [2.05, 4.69) is 5.32 Å². The molecule has 0 aromatic heterocycles. The van der Waals surface area contributed by atoms with Crippen LogP contribution in [0.1, 0.15) is 20.8 Å². The normalized spacial score (nSPS) is 11.4. The highest BCUT2D eigenvalue weighted by Gasteiger charge is 2.17. The van der Waals surface area contributed by atoms with Gasteiger partial charge in [0.1, 0.15) is 5.82 Å². The number of nitrogens with one attached hydrogen (secondary N) is 1. The Balaban J connectivity index is 2.66. The summed E-state index contributed by atoms with van der Waals surface area (Å²) in [7, 11) is 0. The zero-order chi connectivity index (χ0) is 15.3. The van der Waals surface area contributed by atoms with Crippen LogP contribution in [0.2, 0.25) is 5.02 Å². The van der Waals surface area contributed by atoms with Gasteiger partial charge in [-0.1, -0.05) is 17.2 Å². The molecule has 0 aliphatic carbocycles. The van der Waals surface area contributed by atoms with Crippen molar-refractivity contribution in [2.45, 2.75) is 26.9 Å². The van der Waals surface area contributed by atoms with Gasteiger partial charge in [0.15, 0.2) is 6.10 Å². The maximum Gasteiger partial charge on any atom is 0.331 e. The summed E-state index contributed by atoms with van der Waals surface area (Å²) in [6.45, 7) is 4.91. The fourth-order valence-corrected chi connectivity index (χ4v) is 1.54. The number of carbonyl (C=O) groups is 2. The lowest BCUT2D eigenvalue weighted by atomic mass is 10.3. The Kier molecular flexibility index (Phi) is 5.70. The summed E-state index contributed by atoms with van der Waals surface area (Å²) in [6.07, 6.45) is 0.300. The Hall–Kier alpha value is -1.88. The van der Waals surface area contributed by atoms with Gasteiger partial charge in [-0.15, -0.1) is 0 Å². The lowest BCUT2D eigenvalue weighted by molar-refractivity contribution is -0.148. The molecule has 1 aromatic rings. The van der Waals surface area contributed by atoms with Crippen LogP contribution in [0, 0.1) is 5.82 Å². The van der Waals surface area contributed by atoms with Gasteiger partial charge < -0.3 is 10.1 Å². The van der Waals surface area contributed by atoms with Crippen molar-refractivity contribution < 1.29 is 18.7 Å². The van der Waals surface area contributed by atoms with E-state index < -0.39 is 23.8 Å². The third kappa shape index (κ3) is 5.01. The molecule has 0 saturated carbocycles. The van der Waals surface area contributed by atoms with Crippen LogP contribution < -0.4 is 5.32 Å². The standard InChI is InChI=1S/C14H15ClFNO3/c1-8(2)6-13(18)20-9(3)14(19)17-12-5-4-10(16)7-11(12)15/h4-7,9H,1-3H3,(H,17,19)/t9-/m0/s1. The van der Waals surface area contributed by atoms with Crippen LogP contribution in [0.3, 0.4) is 0 Å². The van der Waals surface area contributed by atoms with Gasteiger partial charge in [0.05, 0.1) is 10.7 Å². The van der Waals surface area contributed by atoms with Crippen molar-refractivity contribution in [3.05, 3.63) is 40.7 Å². The van der Waals surface area contributed by atoms with Gasteiger partial charge in [-0.05, 0) is 39.0 Å². The van der Waals surface area contributed by atoms with E-state index in [0.717, 1.165) is 11.6 Å². The second kappa shape index (κ2) is 7.05. The smallest absolute Gasteiger partial charge is 0.331 e. The number of anilines is 1. The molecule has 1 N–H and O–H groups in total. The van der Waals surface area contributed by atoms with Crippen LogP contribution in [0.15, 0.2) is 29.8 Å². The van der Waals surface area contributed by atoms with E-state index in [-0.39, 0.29) is 10.7 Å². The second-order valence-electron chi connectivity index (χ2n) is 4.41. The number of allylic oxidation sites excluding steroid dienone is 1. The van der Waals surface area contributed by atoms with Crippen molar-refractivity contribution in [1.82, 2.24) is 0 Å². The Labute approximate surface area is 121 Å². The molecule has 1 aromatic carbocycles. The van der Waals surface area contributed by atoms with Crippen LogP contribution >= 0.6 is 11.6 Å². The predicted octanol–water partition coefficient (Wildman–Crippen LogP) is 3.32. The summed E-state index contributed by atoms with van der Waals surface area (Å²) < 4.78 is 17.8. The van der Waals surface area contributed by atoms with Crippen LogP contribution in [0.25, 0.3) is 0 Å². The van der Waals surface area contributed by atoms with Crippen molar-refractivity contribution in [3.63, 3.8) is 0 Å². The van der Waals surface area contributed by atoms with E-state index in [1.165, 1.54) is 25.1 Å². The Morgan fingerprint density at radius 1 is 1.40 bits per heavy atom. The SMILES string of the molecule is CC(C)=CC(=O)O[C@@H](C)C(=O)Nc1ccc(F)cc1Cl. The predicted molar refractivity (Wildman–Crippen MR) is 75.0 cm³/mol. The van der Waals surface area contributed by atoms with E-state index in [0.29, 0.717) is 0 Å². The number of hydrogen-bond donors (Lipinski definition) is 1. The maximum absolute atomic E-state index is 12.9. The van der Waals surface area contributed by atoms with Crippen LogP contribution in [0.4, 0.5) is 10.1 Å². The Morgan fingerprint density at radius 2 is 2.05 bits per heavy atom. The topological polar surface area (TPSA) is 55.4 Å². The van der Waals surface area contributed by atoms with Gasteiger partial charge in [-0.3, -0.25) is 4.79 Å². The molecule has 0 aliphatic heterocycles. The second-order valence-corrected chi connectivity index (χ2v) is 4.82. The number of carbonyl (C=O) groups excluding carboxylic acids is 2. The molecule has 0 aliphatic rings. The minimum absolute atomic E-state index is 0.0705. The van der Waals surface area contributed by atoms with E-state index in [9.17, 15) is 14.0 Å². The fraction of sp³-hybridized carbons (Fsp3) is 0.286. The molecule has 0 bridgehead atoms. The zero-order valence-corrected chi connectivity index (χ0v) is 12.1. The molecule has 1 atom stereocenters. The molecule has 0 radical (unpaired) electrons. The largest absolute Gasteiger partial charge is 0.449 e. The first-order valence-corrected chi connectivity index (χ1v) is 6.29. The lowest BCUT2D eigenvalue weighted by Crippen LogP contribution is -2.29. The van der Waals surface area contributed by atoms with Crippen molar-refractivity contribution in [2.75, 3.05) is 5.32 Å². The van der Waals surface area contributed by atoms with Crippen molar-refractivity contribution in [1.29, 1.82) is 0 Å². The van der Waals surface area contributed by atoms with Crippen LogP contribution in [0.5, 0.6) is 0 Å². The number of ether oxygens (including phenoxy) is 1. The Bertz CT molecular complexity index is 553. The summed E-state index contributed by atoms with van der Waals surface area (Å²) in [5.74, 6) is -1.65. The summed E-state index contributed by atoms with van der Waals surface area (Å²) in [4.78, 5) is 23.2. The van der Waals surface area contributed by atoms with Crippen molar-refractivity contribution in [2.24, 2.45) is 0 Å². The minimum atomic E-state index is -0.987. The molecule has 0 heterocycles. The minimum Gasteiger partial charge on any atom is -0.449 e. The molecule has 1 rings (SSSR count). The molecule has 4 nitrogen and oxygen atoms in total. The summed E-state index contributed by atoms with van der Waals surface area (Å²) >= 11 is 5.78. The molecule has 6 heteroatoms. The third-order valence-electron chi connectivity index (χ3n) is 2.26. The highest BCUT2D eigenvalue weighted by Crippen LogP contribution is 2.22. The first kappa shape index (κ1) is 16.2. The highest BCUT2D eigenvalue weighted by molar-refractivity contribution is 6.33. The Morgan fingerprint density at radius 3 is 2.60 bits per heavy atom. The molecule has 1 amide bonds. The molecule has 0 unspecified atom stereocenters. The molecular weight excluding hydrogens is 285 g/mol. The van der Waals surface area contributed by atoms with Gasteiger partial charge in [0.25, 0.3) is 5.91 Å². The van der Waals surface area contributed by atoms with Gasteiger partial charge in [0.2, 0.25) is 0 Å². The first-order chi connectivity index (χ1) is 9.29. The molecule has 0 fully saturated rings. The van der Waals surface area contributed by atoms with Gasteiger partial charge >= 0.3 is 5.97 Å². The van der Waals surface area contributed by atoms with Gasteiger partial charge in [0, 0.05) is 6.08 Å². The maximum atomic E-state index is 12.9. The number of hydrogen-bond acceptors (Lipinski definition) is 3. The molecule has 0 saturated heterocycles. The molecule has 0 spiro atoms. The third-order valence-corrected chi connectivity index (χ3v) is 2.57. The number of esters is 1. The molecule has 20 heavy (non-hydrogen) atoms. The first-order valence-electron chi connectivity index (χ1n) is 5.91. The van der Waals surface area contributed by atoms with Crippen LogP contribution in [-0.4, -0.2) is 18.0 Å². The average molecular weight is 300 g/mol. The fourth-order valence-electron chi connectivity index (χ4n) is 1.32. The summed E-state index contributed by atoms with van der Waals surface area (Å²) in [5, 5.41) is 2.53.